The Morgan fingerprint density at radius 2 is 2.13 bits per heavy atom. The normalized spacial score (nSPS) is 12.7. The van der Waals surface area contributed by atoms with Crippen molar-refractivity contribution in [2.45, 2.75) is 45.1 Å². The Bertz CT molecular complexity index is 165. The first-order chi connectivity index (χ1) is 7.22. The second-order valence-electron chi connectivity index (χ2n) is 3.69. The molecule has 0 saturated heterocycles. The minimum Gasteiger partial charge on any atom is -0.480 e. The number of carboxylic acids is 1. The molecule has 0 aliphatic rings. The highest BCUT2D eigenvalue weighted by molar-refractivity contribution is 7.98. The van der Waals surface area contributed by atoms with Gasteiger partial charge in [-0.1, -0.05) is 26.2 Å². The molecule has 0 radical (unpaired) electrons. The fourth-order valence-electron chi connectivity index (χ4n) is 1.38. The Balaban J connectivity index is 3.53. The Hall–Kier alpha value is -0.220. The van der Waals surface area contributed by atoms with Gasteiger partial charge in [0, 0.05) is 0 Å². The van der Waals surface area contributed by atoms with Gasteiger partial charge in [-0.15, -0.1) is 0 Å². The highest BCUT2D eigenvalue weighted by atomic mass is 32.2. The van der Waals surface area contributed by atoms with Crippen molar-refractivity contribution >= 4 is 17.7 Å². The van der Waals surface area contributed by atoms with Crippen LogP contribution in [0.3, 0.4) is 0 Å². The Morgan fingerprint density at radius 3 is 2.67 bits per heavy atom. The Morgan fingerprint density at radius 1 is 1.40 bits per heavy atom. The van der Waals surface area contributed by atoms with Crippen molar-refractivity contribution in [1.29, 1.82) is 0 Å². The van der Waals surface area contributed by atoms with E-state index in [1.807, 2.05) is 6.26 Å². The van der Waals surface area contributed by atoms with E-state index >= 15 is 0 Å². The van der Waals surface area contributed by atoms with Crippen LogP contribution in [0.15, 0.2) is 0 Å². The summed E-state index contributed by atoms with van der Waals surface area (Å²) in [6.07, 6.45) is 7.44. The van der Waals surface area contributed by atoms with E-state index in [1.54, 1.807) is 11.8 Å². The molecule has 0 aromatic rings. The fourth-order valence-corrected chi connectivity index (χ4v) is 1.85. The minimum atomic E-state index is -0.723. The lowest BCUT2D eigenvalue weighted by Gasteiger charge is -2.13. The smallest absolute Gasteiger partial charge is 0.320 e. The number of unbranched alkanes of at least 4 members (excludes halogenated alkanes) is 3. The summed E-state index contributed by atoms with van der Waals surface area (Å²) in [6, 6.07) is -0.362. The molecule has 0 amide bonds. The first kappa shape index (κ1) is 14.8. The third kappa shape index (κ3) is 8.75. The average Bonchev–Trinajstić information content (AvgIpc) is 2.21. The summed E-state index contributed by atoms with van der Waals surface area (Å²) >= 11 is 1.69. The second-order valence-corrected chi connectivity index (χ2v) is 4.67. The molecule has 90 valence electrons. The van der Waals surface area contributed by atoms with Crippen molar-refractivity contribution in [2.75, 3.05) is 18.6 Å². The summed E-state index contributed by atoms with van der Waals surface area (Å²) in [6.45, 7) is 3.00. The fraction of sp³-hybridized carbons (Fsp3) is 0.909. The quantitative estimate of drug-likeness (QED) is 0.569. The minimum absolute atomic E-state index is 0.362. The summed E-state index contributed by atoms with van der Waals surface area (Å²) < 4.78 is 0. The van der Waals surface area contributed by atoms with Gasteiger partial charge in [-0.3, -0.25) is 4.79 Å². The van der Waals surface area contributed by atoms with E-state index in [0.717, 1.165) is 18.7 Å². The van der Waals surface area contributed by atoms with Crippen LogP contribution in [0.25, 0.3) is 0 Å². The van der Waals surface area contributed by atoms with Crippen LogP contribution in [0.1, 0.15) is 39.0 Å². The van der Waals surface area contributed by atoms with Crippen molar-refractivity contribution < 1.29 is 9.90 Å². The van der Waals surface area contributed by atoms with Crippen molar-refractivity contribution in [1.82, 2.24) is 5.32 Å². The van der Waals surface area contributed by atoms with E-state index in [-0.39, 0.29) is 6.04 Å². The van der Waals surface area contributed by atoms with Gasteiger partial charge < -0.3 is 10.4 Å². The summed E-state index contributed by atoms with van der Waals surface area (Å²) in [7, 11) is 0. The number of thioether (sulfide) groups is 1. The zero-order valence-electron chi connectivity index (χ0n) is 9.79. The van der Waals surface area contributed by atoms with Gasteiger partial charge in [0.25, 0.3) is 0 Å². The van der Waals surface area contributed by atoms with Gasteiger partial charge in [0.15, 0.2) is 0 Å². The molecule has 0 rings (SSSR count). The molecule has 15 heavy (non-hydrogen) atoms. The van der Waals surface area contributed by atoms with E-state index < -0.39 is 5.97 Å². The zero-order valence-corrected chi connectivity index (χ0v) is 10.6. The molecule has 0 aliphatic heterocycles. The van der Waals surface area contributed by atoms with Crippen LogP contribution in [0.4, 0.5) is 0 Å². The van der Waals surface area contributed by atoms with Crippen LogP contribution in [-0.2, 0) is 4.79 Å². The van der Waals surface area contributed by atoms with E-state index in [9.17, 15) is 4.79 Å². The molecule has 1 atom stereocenters. The summed E-state index contributed by atoms with van der Waals surface area (Å²) in [4.78, 5) is 10.9. The van der Waals surface area contributed by atoms with Gasteiger partial charge in [-0.2, -0.15) is 11.8 Å². The topological polar surface area (TPSA) is 49.3 Å². The van der Waals surface area contributed by atoms with Crippen LogP contribution in [0.2, 0.25) is 0 Å². The SMILES string of the molecule is CCCCCCN[C@@H](CCSC)C(=O)O. The predicted molar refractivity (Wildman–Crippen MR) is 66.6 cm³/mol. The maximum absolute atomic E-state index is 10.9. The molecule has 0 saturated carbocycles. The third-order valence-corrected chi connectivity index (χ3v) is 2.97. The number of hydrogen-bond acceptors (Lipinski definition) is 3. The molecule has 0 fully saturated rings. The molecule has 0 unspecified atom stereocenters. The lowest BCUT2D eigenvalue weighted by molar-refractivity contribution is -0.139. The number of aliphatic carboxylic acids is 1. The molecular weight excluding hydrogens is 210 g/mol. The van der Waals surface area contributed by atoms with Crippen molar-refractivity contribution in [3.8, 4) is 0 Å². The molecular formula is C11H23NO2S. The standard InChI is InChI=1S/C11H23NO2S/c1-3-4-5-6-8-12-10(11(13)14)7-9-15-2/h10,12H,3-9H2,1-2H3,(H,13,14)/t10-/m0/s1. The summed E-state index contributed by atoms with van der Waals surface area (Å²) in [5.74, 6) is 0.179. The van der Waals surface area contributed by atoms with Gasteiger partial charge in [0.05, 0.1) is 0 Å². The lowest BCUT2D eigenvalue weighted by Crippen LogP contribution is -2.37. The maximum Gasteiger partial charge on any atom is 0.320 e. The van der Waals surface area contributed by atoms with Crippen LogP contribution in [0, 0.1) is 0 Å². The summed E-state index contributed by atoms with van der Waals surface area (Å²) in [5, 5.41) is 12.0. The van der Waals surface area contributed by atoms with E-state index in [2.05, 4.69) is 12.2 Å². The number of hydrogen-bond donors (Lipinski definition) is 2. The molecule has 0 heterocycles. The van der Waals surface area contributed by atoms with Crippen molar-refractivity contribution in [3.05, 3.63) is 0 Å². The molecule has 0 bridgehead atoms. The first-order valence-corrected chi connectivity index (χ1v) is 7.06. The number of nitrogens with one attached hydrogen (secondary N) is 1. The largest absolute Gasteiger partial charge is 0.480 e. The van der Waals surface area contributed by atoms with Crippen LogP contribution in [-0.4, -0.2) is 35.7 Å². The molecule has 4 heteroatoms. The Kier molecular flexibility index (Phi) is 10.2. The van der Waals surface area contributed by atoms with Gasteiger partial charge in [-0.05, 0) is 31.4 Å². The van der Waals surface area contributed by atoms with Crippen molar-refractivity contribution in [2.24, 2.45) is 0 Å². The van der Waals surface area contributed by atoms with Crippen LogP contribution >= 0.6 is 11.8 Å². The highest BCUT2D eigenvalue weighted by Crippen LogP contribution is 2.02. The number of carbonyl (C=O) groups is 1. The second kappa shape index (κ2) is 10.3. The van der Waals surface area contributed by atoms with Gasteiger partial charge >= 0.3 is 5.97 Å². The van der Waals surface area contributed by atoms with E-state index in [1.165, 1.54) is 19.3 Å². The number of rotatable bonds is 10. The molecule has 0 spiro atoms. The van der Waals surface area contributed by atoms with Gasteiger partial charge in [0.2, 0.25) is 0 Å². The predicted octanol–water partition coefficient (Wildman–Crippen LogP) is 2.36. The van der Waals surface area contributed by atoms with Crippen LogP contribution in [0.5, 0.6) is 0 Å². The van der Waals surface area contributed by atoms with Crippen molar-refractivity contribution in [3.63, 3.8) is 0 Å². The molecule has 0 aliphatic carbocycles. The molecule has 0 aromatic heterocycles. The maximum atomic E-state index is 10.9. The van der Waals surface area contributed by atoms with Crippen LogP contribution < -0.4 is 5.32 Å². The molecule has 2 N–H and O–H groups in total. The lowest BCUT2D eigenvalue weighted by atomic mass is 10.2. The van der Waals surface area contributed by atoms with Gasteiger partial charge in [0.1, 0.15) is 6.04 Å². The Labute approximate surface area is 97.0 Å². The third-order valence-electron chi connectivity index (χ3n) is 2.33. The van der Waals surface area contributed by atoms with E-state index in [4.69, 9.17) is 5.11 Å². The summed E-state index contributed by atoms with van der Waals surface area (Å²) in [5.41, 5.74) is 0. The first-order valence-electron chi connectivity index (χ1n) is 5.67. The van der Waals surface area contributed by atoms with Gasteiger partial charge in [-0.25, -0.2) is 0 Å². The highest BCUT2D eigenvalue weighted by Gasteiger charge is 2.14. The monoisotopic (exact) mass is 233 g/mol. The molecule has 3 nitrogen and oxygen atoms in total. The zero-order chi connectivity index (χ0) is 11.5. The number of carboxylic acid groups (broad SMARTS) is 1. The molecule has 0 aromatic carbocycles. The van der Waals surface area contributed by atoms with E-state index in [0.29, 0.717) is 6.42 Å². The average molecular weight is 233 g/mol.